The van der Waals surface area contributed by atoms with Gasteiger partial charge in [0.05, 0.1) is 12.2 Å². The fourth-order valence-electron chi connectivity index (χ4n) is 1.30. The molecule has 0 N–H and O–H groups in total. The highest BCUT2D eigenvalue weighted by atomic mass is 127. The van der Waals surface area contributed by atoms with Crippen molar-refractivity contribution in [2.24, 2.45) is 0 Å². The van der Waals surface area contributed by atoms with Crippen LogP contribution in [0.2, 0.25) is 0 Å². The predicted molar refractivity (Wildman–Crippen MR) is 74.8 cm³/mol. The van der Waals surface area contributed by atoms with Gasteiger partial charge in [0.25, 0.3) is 0 Å². The Labute approximate surface area is 119 Å². The smallest absolute Gasteiger partial charge is 0.338 e. The lowest BCUT2D eigenvalue weighted by atomic mass is 10.1. The summed E-state index contributed by atoms with van der Waals surface area (Å²) < 4.78 is 5.69. The Morgan fingerprint density at radius 1 is 1.41 bits per heavy atom. The van der Waals surface area contributed by atoms with E-state index in [1.165, 1.54) is 0 Å². The molecule has 1 aromatic rings. The minimum atomic E-state index is -0.413. The van der Waals surface area contributed by atoms with Gasteiger partial charge in [0.1, 0.15) is 0 Å². The number of rotatable bonds is 5. The van der Waals surface area contributed by atoms with Gasteiger partial charge in [-0.2, -0.15) is 0 Å². The van der Waals surface area contributed by atoms with Crippen LogP contribution in [-0.4, -0.2) is 24.2 Å². The average molecular weight is 367 g/mol. The molecule has 0 aliphatic rings. The zero-order valence-electron chi connectivity index (χ0n) is 9.33. The lowest BCUT2D eigenvalue weighted by Gasteiger charge is -2.06. The molecule has 0 heterocycles. The highest BCUT2D eigenvalue weighted by Crippen LogP contribution is 2.17. The lowest BCUT2D eigenvalue weighted by Crippen LogP contribution is -2.08. The average Bonchev–Trinajstić information content (AvgIpc) is 2.30. The van der Waals surface area contributed by atoms with E-state index in [0.29, 0.717) is 17.7 Å². The summed E-state index contributed by atoms with van der Waals surface area (Å²) in [6.07, 6.45) is 0.268. The van der Waals surface area contributed by atoms with Crippen LogP contribution in [0.5, 0.6) is 0 Å². The van der Waals surface area contributed by atoms with Gasteiger partial charge in [0, 0.05) is 21.4 Å². The molecule has 0 amide bonds. The van der Waals surface area contributed by atoms with Gasteiger partial charge in [-0.15, -0.1) is 11.6 Å². The number of benzene rings is 1. The van der Waals surface area contributed by atoms with E-state index >= 15 is 0 Å². The first-order chi connectivity index (χ1) is 8.10. The van der Waals surface area contributed by atoms with E-state index in [9.17, 15) is 9.59 Å². The molecular formula is C12H12ClIO3. The van der Waals surface area contributed by atoms with E-state index in [0.717, 1.165) is 3.57 Å². The molecule has 0 saturated carbocycles. The van der Waals surface area contributed by atoms with Crippen molar-refractivity contribution >= 4 is 45.9 Å². The van der Waals surface area contributed by atoms with Gasteiger partial charge in [0.15, 0.2) is 5.78 Å². The van der Waals surface area contributed by atoms with Crippen molar-refractivity contribution in [3.63, 3.8) is 0 Å². The molecule has 17 heavy (non-hydrogen) atoms. The number of halogens is 2. The molecule has 5 heteroatoms. The largest absolute Gasteiger partial charge is 0.462 e. The zero-order valence-corrected chi connectivity index (χ0v) is 12.2. The van der Waals surface area contributed by atoms with Crippen molar-refractivity contribution in [2.45, 2.75) is 13.3 Å². The van der Waals surface area contributed by atoms with Crippen molar-refractivity contribution in [2.75, 3.05) is 12.5 Å². The topological polar surface area (TPSA) is 43.4 Å². The summed E-state index contributed by atoms with van der Waals surface area (Å²) in [6.45, 7) is 2.06. The molecule has 1 aromatic carbocycles. The van der Waals surface area contributed by atoms with Crippen LogP contribution < -0.4 is 0 Å². The van der Waals surface area contributed by atoms with Crippen LogP contribution in [0.1, 0.15) is 34.1 Å². The molecule has 0 saturated heterocycles. The SMILES string of the molecule is CCOC(=O)c1ccc(I)c(C(=O)CCCl)c1. The van der Waals surface area contributed by atoms with Gasteiger partial charge in [-0.1, -0.05) is 0 Å². The van der Waals surface area contributed by atoms with Crippen LogP contribution in [-0.2, 0) is 4.74 Å². The molecular weight excluding hydrogens is 354 g/mol. The minimum absolute atomic E-state index is 0.0597. The lowest BCUT2D eigenvalue weighted by molar-refractivity contribution is 0.0526. The second-order valence-corrected chi connectivity index (χ2v) is 4.82. The molecule has 0 fully saturated rings. The van der Waals surface area contributed by atoms with Crippen molar-refractivity contribution in [3.8, 4) is 0 Å². The van der Waals surface area contributed by atoms with Crippen molar-refractivity contribution < 1.29 is 14.3 Å². The van der Waals surface area contributed by atoms with Crippen LogP contribution in [0.4, 0.5) is 0 Å². The number of carbonyl (C=O) groups excluding carboxylic acids is 2. The van der Waals surface area contributed by atoms with Gasteiger partial charge >= 0.3 is 5.97 Å². The maximum atomic E-state index is 11.8. The Morgan fingerprint density at radius 3 is 2.71 bits per heavy atom. The number of ether oxygens (including phenoxy) is 1. The number of alkyl halides is 1. The molecule has 0 radical (unpaired) electrons. The molecule has 92 valence electrons. The van der Waals surface area contributed by atoms with Crippen LogP contribution >= 0.6 is 34.2 Å². The third-order valence-corrected chi connectivity index (χ3v) is 3.23. The standard InChI is InChI=1S/C12H12ClIO3/c1-2-17-12(16)8-3-4-10(14)9(7-8)11(15)5-6-13/h3-4,7H,2,5-6H2,1H3. The third kappa shape index (κ3) is 3.96. The number of Topliss-reactive ketones (excluding diaryl/α,β-unsaturated/α-hetero) is 1. The molecule has 0 unspecified atom stereocenters. The Balaban J connectivity index is 3.02. The fraction of sp³-hybridized carbons (Fsp3) is 0.333. The summed E-state index contributed by atoms with van der Waals surface area (Å²) in [5.41, 5.74) is 0.919. The summed E-state index contributed by atoms with van der Waals surface area (Å²) in [5, 5.41) is 0. The molecule has 0 aromatic heterocycles. The number of ketones is 1. The number of carbonyl (C=O) groups is 2. The summed E-state index contributed by atoms with van der Waals surface area (Å²) in [6, 6.07) is 4.94. The Hall–Kier alpha value is -0.620. The van der Waals surface area contributed by atoms with Crippen LogP contribution in [0.25, 0.3) is 0 Å². The van der Waals surface area contributed by atoms with E-state index in [1.54, 1.807) is 25.1 Å². The molecule has 1 rings (SSSR count). The summed E-state index contributed by atoms with van der Waals surface area (Å²) in [4.78, 5) is 23.3. The molecule has 0 aliphatic heterocycles. The van der Waals surface area contributed by atoms with Crippen molar-refractivity contribution in [1.29, 1.82) is 0 Å². The Bertz CT molecular complexity index is 432. The number of esters is 1. The first-order valence-electron chi connectivity index (χ1n) is 5.16. The number of hydrogen-bond donors (Lipinski definition) is 0. The predicted octanol–water partition coefficient (Wildman–Crippen LogP) is 3.28. The molecule has 0 atom stereocenters. The van der Waals surface area contributed by atoms with Gasteiger partial charge in [0.2, 0.25) is 0 Å². The molecule has 0 spiro atoms. The second-order valence-electron chi connectivity index (χ2n) is 3.28. The Kier molecular flexibility index (Phi) is 5.91. The normalized spacial score (nSPS) is 10.1. The molecule has 0 bridgehead atoms. The first-order valence-corrected chi connectivity index (χ1v) is 6.77. The quantitative estimate of drug-likeness (QED) is 0.348. The van der Waals surface area contributed by atoms with Gasteiger partial charge in [-0.3, -0.25) is 4.79 Å². The summed E-state index contributed by atoms with van der Waals surface area (Å²) in [5.74, 6) is -0.196. The molecule has 0 aliphatic carbocycles. The van der Waals surface area contributed by atoms with Gasteiger partial charge < -0.3 is 4.74 Å². The maximum Gasteiger partial charge on any atom is 0.338 e. The van der Waals surface area contributed by atoms with Crippen molar-refractivity contribution in [1.82, 2.24) is 0 Å². The summed E-state index contributed by atoms with van der Waals surface area (Å²) in [7, 11) is 0. The van der Waals surface area contributed by atoms with Crippen LogP contribution in [0, 0.1) is 3.57 Å². The van der Waals surface area contributed by atoms with Gasteiger partial charge in [-0.25, -0.2) is 4.79 Å². The monoisotopic (exact) mass is 366 g/mol. The molecule has 3 nitrogen and oxygen atoms in total. The fourth-order valence-corrected chi connectivity index (χ4v) is 2.11. The van der Waals surface area contributed by atoms with Crippen LogP contribution in [0.3, 0.4) is 0 Å². The van der Waals surface area contributed by atoms with Crippen molar-refractivity contribution in [3.05, 3.63) is 32.9 Å². The Morgan fingerprint density at radius 2 is 2.12 bits per heavy atom. The summed E-state index contributed by atoms with van der Waals surface area (Å²) >= 11 is 7.60. The third-order valence-electron chi connectivity index (χ3n) is 2.10. The van der Waals surface area contributed by atoms with Crippen LogP contribution in [0.15, 0.2) is 18.2 Å². The van der Waals surface area contributed by atoms with E-state index in [2.05, 4.69) is 22.6 Å². The maximum absolute atomic E-state index is 11.8. The van der Waals surface area contributed by atoms with E-state index < -0.39 is 5.97 Å². The van der Waals surface area contributed by atoms with E-state index in [4.69, 9.17) is 16.3 Å². The zero-order chi connectivity index (χ0) is 12.8. The van der Waals surface area contributed by atoms with E-state index in [1.807, 2.05) is 0 Å². The highest BCUT2D eigenvalue weighted by Gasteiger charge is 2.14. The minimum Gasteiger partial charge on any atom is -0.462 e. The van der Waals surface area contributed by atoms with E-state index in [-0.39, 0.29) is 18.1 Å². The second kappa shape index (κ2) is 6.96. The van der Waals surface area contributed by atoms with Gasteiger partial charge in [-0.05, 0) is 47.7 Å². The highest BCUT2D eigenvalue weighted by molar-refractivity contribution is 14.1. The first kappa shape index (κ1) is 14.4. The number of hydrogen-bond acceptors (Lipinski definition) is 3.